The fourth-order valence-electron chi connectivity index (χ4n) is 1.07. The van der Waals surface area contributed by atoms with Gasteiger partial charge in [-0.15, -0.1) is 0 Å². The van der Waals surface area contributed by atoms with Gasteiger partial charge < -0.3 is 9.64 Å². The summed E-state index contributed by atoms with van der Waals surface area (Å²) in [7, 11) is 4.89. The van der Waals surface area contributed by atoms with Crippen molar-refractivity contribution in [2.24, 2.45) is 0 Å². The lowest BCUT2D eigenvalue weighted by molar-refractivity contribution is -0.131. The number of carbonyl (C=O) groups is 2. The number of rotatable bonds is 7. The molecule has 0 atom stereocenters. The number of hydrogen-bond acceptors (Lipinski definition) is 4. The summed E-state index contributed by atoms with van der Waals surface area (Å²) >= 11 is 0. The second-order valence-electron chi connectivity index (χ2n) is 3.56. The second-order valence-corrected chi connectivity index (χ2v) is 3.56. The normalized spacial score (nSPS) is 10.5. The van der Waals surface area contributed by atoms with Crippen molar-refractivity contribution >= 4 is 11.7 Å². The molecule has 5 heteroatoms. The van der Waals surface area contributed by atoms with Crippen molar-refractivity contribution in [1.82, 2.24) is 9.80 Å². The molecule has 0 radical (unpaired) electrons. The molecule has 1 amide bonds. The minimum atomic E-state index is -0.00842. The summed E-state index contributed by atoms with van der Waals surface area (Å²) < 4.78 is 4.73. The van der Waals surface area contributed by atoms with E-state index in [4.69, 9.17) is 4.74 Å². The molecule has 0 aliphatic heterocycles. The SMILES string of the molecule is CCN(CC(=O)COC)CC(=O)N(C)C. The van der Waals surface area contributed by atoms with Crippen molar-refractivity contribution in [3.05, 3.63) is 0 Å². The molecule has 15 heavy (non-hydrogen) atoms. The van der Waals surface area contributed by atoms with E-state index in [1.54, 1.807) is 19.0 Å². The number of likely N-dealkylation sites (N-methyl/N-ethyl adjacent to an activating group) is 2. The molecule has 0 saturated heterocycles. The molecule has 0 heterocycles. The molecule has 0 aromatic heterocycles. The van der Waals surface area contributed by atoms with E-state index in [-0.39, 0.29) is 31.4 Å². The second kappa shape index (κ2) is 7.36. The Kier molecular flexibility index (Phi) is 6.90. The summed E-state index contributed by atoms with van der Waals surface area (Å²) in [5.74, 6) is -0.00651. The number of hydrogen-bond donors (Lipinski definition) is 0. The molecule has 0 unspecified atom stereocenters. The Hall–Kier alpha value is -0.940. The zero-order valence-corrected chi connectivity index (χ0v) is 9.95. The van der Waals surface area contributed by atoms with Gasteiger partial charge in [0.2, 0.25) is 5.91 Å². The molecular weight excluding hydrogens is 196 g/mol. The van der Waals surface area contributed by atoms with Crippen molar-refractivity contribution in [3.63, 3.8) is 0 Å². The zero-order chi connectivity index (χ0) is 11.8. The van der Waals surface area contributed by atoms with Crippen LogP contribution in [-0.4, -0.2) is 68.9 Å². The van der Waals surface area contributed by atoms with Gasteiger partial charge in [-0.2, -0.15) is 0 Å². The number of ether oxygens (including phenoxy) is 1. The summed E-state index contributed by atoms with van der Waals surface area (Å²) in [4.78, 5) is 26.0. The van der Waals surface area contributed by atoms with Gasteiger partial charge in [-0.1, -0.05) is 6.92 Å². The average molecular weight is 216 g/mol. The van der Waals surface area contributed by atoms with Crippen LogP contribution in [0, 0.1) is 0 Å². The highest BCUT2D eigenvalue weighted by Crippen LogP contribution is 1.91. The summed E-state index contributed by atoms with van der Waals surface area (Å²) in [5.41, 5.74) is 0. The molecule has 0 rings (SSSR count). The topological polar surface area (TPSA) is 49.9 Å². The van der Waals surface area contributed by atoms with E-state index in [1.165, 1.54) is 12.0 Å². The van der Waals surface area contributed by atoms with E-state index in [0.29, 0.717) is 6.54 Å². The molecule has 0 aromatic carbocycles. The summed E-state index contributed by atoms with van der Waals surface area (Å²) in [5, 5.41) is 0. The first kappa shape index (κ1) is 14.1. The van der Waals surface area contributed by atoms with E-state index in [9.17, 15) is 9.59 Å². The van der Waals surface area contributed by atoms with Crippen LogP contribution in [0.25, 0.3) is 0 Å². The number of nitrogens with zero attached hydrogens (tertiary/aromatic N) is 2. The molecule has 0 aromatic rings. The third-order valence-electron chi connectivity index (χ3n) is 2.01. The number of amides is 1. The molecule has 0 aliphatic carbocycles. The van der Waals surface area contributed by atoms with Gasteiger partial charge in [0, 0.05) is 21.2 Å². The minimum absolute atomic E-state index is 0.00191. The van der Waals surface area contributed by atoms with Gasteiger partial charge in [-0.25, -0.2) is 0 Å². The fourth-order valence-corrected chi connectivity index (χ4v) is 1.07. The van der Waals surface area contributed by atoms with Crippen molar-refractivity contribution in [2.75, 3.05) is 47.4 Å². The van der Waals surface area contributed by atoms with Crippen LogP contribution in [0.15, 0.2) is 0 Å². The monoisotopic (exact) mass is 216 g/mol. The molecule has 88 valence electrons. The van der Waals surface area contributed by atoms with Gasteiger partial charge >= 0.3 is 0 Å². The predicted molar refractivity (Wildman–Crippen MR) is 57.7 cm³/mol. The van der Waals surface area contributed by atoms with Crippen molar-refractivity contribution in [1.29, 1.82) is 0 Å². The van der Waals surface area contributed by atoms with Crippen LogP contribution in [0.4, 0.5) is 0 Å². The molecule has 0 fully saturated rings. The average Bonchev–Trinajstić information content (AvgIpc) is 2.16. The van der Waals surface area contributed by atoms with Crippen LogP contribution in [0.3, 0.4) is 0 Å². The Bertz CT molecular complexity index is 217. The lowest BCUT2D eigenvalue weighted by Crippen LogP contribution is -2.39. The third-order valence-corrected chi connectivity index (χ3v) is 2.01. The van der Waals surface area contributed by atoms with Gasteiger partial charge in [0.25, 0.3) is 0 Å². The number of carbonyl (C=O) groups excluding carboxylic acids is 2. The standard InChI is InChI=1S/C10H20N2O3/c1-5-12(6-9(13)8-15-4)7-10(14)11(2)3/h5-8H2,1-4H3. The van der Waals surface area contributed by atoms with Crippen LogP contribution in [0.1, 0.15) is 6.92 Å². The Morgan fingerprint density at radius 2 is 1.80 bits per heavy atom. The lowest BCUT2D eigenvalue weighted by atomic mass is 10.3. The van der Waals surface area contributed by atoms with Crippen LogP contribution < -0.4 is 0 Å². The maximum atomic E-state index is 11.4. The van der Waals surface area contributed by atoms with Gasteiger partial charge in [0.15, 0.2) is 5.78 Å². The smallest absolute Gasteiger partial charge is 0.236 e. The van der Waals surface area contributed by atoms with Crippen molar-refractivity contribution < 1.29 is 14.3 Å². The van der Waals surface area contributed by atoms with Crippen LogP contribution >= 0.6 is 0 Å². The highest BCUT2D eigenvalue weighted by atomic mass is 16.5. The Morgan fingerprint density at radius 1 is 1.20 bits per heavy atom. The largest absolute Gasteiger partial charge is 0.377 e. The Morgan fingerprint density at radius 3 is 2.20 bits per heavy atom. The van der Waals surface area contributed by atoms with Crippen LogP contribution in [-0.2, 0) is 14.3 Å². The lowest BCUT2D eigenvalue weighted by Gasteiger charge is -2.20. The molecule has 0 saturated carbocycles. The Balaban J connectivity index is 4.03. The maximum Gasteiger partial charge on any atom is 0.236 e. The first-order chi connectivity index (χ1) is 7.01. The van der Waals surface area contributed by atoms with E-state index in [2.05, 4.69) is 0 Å². The van der Waals surface area contributed by atoms with E-state index in [0.717, 1.165) is 0 Å². The first-order valence-electron chi connectivity index (χ1n) is 4.94. The number of Topliss-reactive ketones (excluding diaryl/α,β-unsaturated/α-hetero) is 1. The quantitative estimate of drug-likeness (QED) is 0.581. The van der Waals surface area contributed by atoms with E-state index >= 15 is 0 Å². The van der Waals surface area contributed by atoms with E-state index < -0.39 is 0 Å². The van der Waals surface area contributed by atoms with Gasteiger partial charge in [-0.3, -0.25) is 14.5 Å². The van der Waals surface area contributed by atoms with Gasteiger partial charge in [-0.05, 0) is 6.54 Å². The molecule has 5 nitrogen and oxygen atoms in total. The highest BCUT2D eigenvalue weighted by Gasteiger charge is 2.13. The molecule has 0 spiro atoms. The van der Waals surface area contributed by atoms with E-state index in [1.807, 2.05) is 6.92 Å². The van der Waals surface area contributed by atoms with Crippen molar-refractivity contribution in [2.45, 2.75) is 6.92 Å². The number of ketones is 1. The fraction of sp³-hybridized carbons (Fsp3) is 0.800. The third kappa shape index (κ3) is 6.19. The summed E-state index contributed by atoms with van der Waals surface area (Å²) in [6.45, 7) is 3.24. The van der Waals surface area contributed by atoms with Gasteiger partial charge in [0.05, 0.1) is 13.1 Å². The Labute approximate surface area is 91.0 Å². The zero-order valence-electron chi connectivity index (χ0n) is 9.95. The summed E-state index contributed by atoms with van der Waals surface area (Å²) in [6.07, 6.45) is 0. The molecule has 0 N–H and O–H groups in total. The highest BCUT2D eigenvalue weighted by molar-refractivity contribution is 5.83. The van der Waals surface area contributed by atoms with Crippen molar-refractivity contribution in [3.8, 4) is 0 Å². The number of methoxy groups -OCH3 is 1. The molecule has 0 aliphatic rings. The first-order valence-corrected chi connectivity index (χ1v) is 4.94. The van der Waals surface area contributed by atoms with Crippen LogP contribution in [0.5, 0.6) is 0 Å². The predicted octanol–water partition coefficient (Wildman–Crippen LogP) is -0.388. The summed E-state index contributed by atoms with van der Waals surface area (Å²) in [6, 6.07) is 0. The van der Waals surface area contributed by atoms with Gasteiger partial charge in [0.1, 0.15) is 6.61 Å². The van der Waals surface area contributed by atoms with Crippen LogP contribution in [0.2, 0.25) is 0 Å². The molecule has 0 bridgehead atoms. The maximum absolute atomic E-state index is 11.4. The minimum Gasteiger partial charge on any atom is -0.377 e. The molecular formula is C10H20N2O3.